The average molecular weight is 286 g/mol. The van der Waals surface area contributed by atoms with E-state index in [-0.39, 0.29) is 17.0 Å². The molecule has 0 saturated carbocycles. The van der Waals surface area contributed by atoms with Crippen molar-refractivity contribution in [3.63, 3.8) is 0 Å². The molecule has 0 aliphatic heterocycles. The number of carbonyl (C=O) groups is 1. The molecule has 3 nitrogen and oxygen atoms in total. The molecule has 4 heteroatoms. The zero-order chi connectivity index (χ0) is 15.5. The highest BCUT2D eigenvalue weighted by Crippen LogP contribution is 2.22. The van der Waals surface area contributed by atoms with Crippen molar-refractivity contribution in [1.29, 1.82) is 0 Å². The largest absolute Gasteiger partial charge is 0.396 e. The SMILES string of the molecule is CC(C)(CNC(=O)c1ccc(F)c(N)c1)c1ccccc1. The summed E-state index contributed by atoms with van der Waals surface area (Å²) in [5.41, 5.74) is 6.76. The second kappa shape index (κ2) is 5.95. The molecule has 0 aliphatic rings. The molecule has 21 heavy (non-hydrogen) atoms. The Hall–Kier alpha value is -2.36. The maximum atomic E-state index is 13.1. The first-order valence-corrected chi connectivity index (χ1v) is 6.79. The van der Waals surface area contributed by atoms with Gasteiger partial charge in [-0.05, 0) is 23.8 Å². The van der Waals surface area contributed by atoms with Crippen LogP contribution in [0.15, 0.2) is 48.5 Å². The van der Waals surface area contributed by atoms with Gasteiger partial charge in [0.25, 0.3) is 5.91 Å². The molecule has 1 amide bonds. The van der Waals surface area contributed by atoms with Crippen LogP contribution in [0.5, 0.6) is 0 Å². The summed E-state index contributed by atoms with van der Waals surface area (Å²) < 4.78 is 13.1. The topological polar surface area (TPSA) is 55.1 Å². The standard InChI is InChI=1S/C17H19FN2O/c1-17(2,13-6-4-3-5-7-13)11-20-16(21)12-8-9-14(18)15(19)10-12/h3-10H,11,19H2,1-2H3,(H,20,21). The van der Waals surface area contributed by atoms with Crippen LogP contribution in [0, 0.1) is 5.82 Å². The predicted octanol–water partition coefficient (Wildman–Crippen LogP) is 3.12. The highest BCUT2D eigenvalue weighted by atomic mass is 19.1. The van der Waals surface area contributed by atoms with E-state index in [9.17, 15) is 9.18 Å². The summed E-state index contributed by atoms with van der Waals surface area (Å²) in [6.45, 7) is 4.59. The lowest BCUT2D eigenvalue weighted by Gasteiger charge is -2.25. The maximum absolute atomic E-state index is 13.1. The van der Waals surface area contributed by atoms with E-state index in [0.717, 1.165) is 5.56 Å². The van der Waals surface area contributed by atoms with Crippen LogP contribution in [-0.4, -0.2) is 12.5 Å². The second-order valence-corrected chi connectivity index (χ2v) is 5.67. The number of hydrogen-bond acceptors (Lipinski definition) is 2. The molecule has 0 heterocycles. The third-order valence-corrected chi connectivity index (χ3v) is 3.50. The van der Waals surface area contributed by atoms with Gasteiger partial charge < -0.3 is 11.1 Å². The van der Waals surface area contributed by atoms with E-state index in [1.54, 1.807) is 0 Å². The van der Waals surface area contributed by atoms with Crippen LogP contribution in [0.3, 0.4) is 0 Å². The van der Waals surface area contributed by atoms with E-state index < -0.39 is 5.82 Å². The molecule has 0 saturated heterocycles. The molecule has 0 aliphatic carbocycles. The summed E-state index contributed by atoms with van der Waals surface area (Å²) in [4.78, 5) is 12.1. The van der Waals surface area contributed by atoms with Gasteiger partial charge in [-0.3, -0.25) is 4.79 Å². The molecule has 0 atom stereocenters. The van der Waals surface area contributed by atoms with E-state index in [0.29, 0.717) is 12.1 Å². The normalized spacial score (nSPS) is 11.2. The van der Waals surface area contributed by atoms with Crippen molar-refractivity contribution in [3.05, 3.63) is 65.5 Å². The third-order valence-electron chi connectivity index (χ3n) is 3.50. The lowest BCUT2D eigenvalue weighted by molar-refractivity contribution is 0.0945. The van der Waals surface area contributed by atoms with Crippen molar-refractivity contribution in [2.75, 3.05) is 12.3 Å². The fraction of sp³-hybridized carbons (Fsp3) is 0.235. The molecule has 0 radical (unpaired) electrons. The summed E-state index contributed by atoms with van der Waals surface area (Å²) in [5, 5.41) is 2.87. The number of nitrogens with two attached hydrogens (primary N) is 1. The van der Waals surface area contributed by atoms with Crippen LogP contribution in [0.1, 0.15) is 29.8 Å². The van der Waals surface area contributed by atoms with Crippen molar-refractivity contribution < 1.29 is 9.18 Å². The van der Waals surface area contributed by atoms with E-state index in [2.05, 4.69) is 19.2 Å². The zero-order valence-corrected chi connectivity index (χ0v) is 12.2. The van der Waals surface area contributed by atoms with Crippen LogP contribution in [0.2, 0.25) is 0 Å². The highest BCUT2D eigenvalue weighted by molar-refractivity contribution is 5.95. The molecular formula is C17H19FN2O. The van der Waals surface area contributed by atoms with Gasteiger partial charge in [0.15, 0.2) is 0 Å². The molecule has 3 N–H and O–H groups in total. The monoisotopic (exact) mass is 286 g/mol. The molecule has 0 bridgehead atoms. The Morgan fingerprint density at radius 3 is 2.48 bits per heavy atom. The van der Waals surface area contributed by atoms with Crippen LogP contribution in [-0.2, 0) is 5.41 Å². The zero-order valence-electron chi connectivity index (χ0n) is 12.2. The smallest absolute Gasteiger partial charge is 0.251 e. The Balaban J connectivity index is 2.05. The van der Waals surface area contributed by atoms with Crippen molar-refractivity contribution >= 4 is 11.6 Å². The van der Waals surface area contributed by atoms with Crippen molar-refractivity contribution in [2.45, 2.75) is 19.3 Å². The first-order chi connectivity index (χ1) is 9.90. The second-order valence-electron chi connectivity index (χ2n) is 5.67. The summed E-state index contributed by atoms with van der Waals surface area (Å²) in [7, 11) is 0. The summed E-state index contributed by atoms with van der Waals surface area (Å²) in [6, 6.07) is 13.9. The van der Waals surface area contributed by atoms with E-state index in [1.165, 1.54) is 18.2 Å². The maximum Gasteiger partial charge on any atom is 0.251 e. The van der Waals surface area contributed by atoms with Crippen molar-refractivity contribution in [3.8, 4) is 0 Å². The first kappa shape index (κ1) is 15.0. The van der Waals surface area contributed by atoms with Gasteiger partial charge in [-0.2, -0.15) is 0 Å². The highest BCUT2D eigenvalue weighted by Gasteiger charge is 2.21. The number of nitrogens with one attached hydrogen (secondary N) is 1. The number of anilines is 1. The molecule has 0 unspecified atom stereocenters. The lowest BCUT2D eigenvalue weighted by Crippen LogP contribution is -2.36. The summed E-state index contributed by atoms with van der Waals surface area (Å²) >= 11 is 0. The van der Waals surface area contributed by atoms with Gasteiger partial charge in [0, 0.05) is 17.5 Å². The number of amides is 1. The first-order valence-electron chi connectivity index (χ1n) is 6.79. The van der Waals surface area contributed by atoms with Crippen molar-refractivity contribution in [2.24, 2.45) is 0 Å². The Bertz CT molecular complexity index is 638. The average Bonchev–Trinajstić information content (AvgIpc) is 2.48. The predicted molar refractivity (Wildman–Crippen MR) is 82.6 cm³/mol. The van der Waals surface area contributed by atoms with E-state index in [4.69, 9.17) is 5.73 Å². The third kappa shape index (κ3) is 3.60. The van der Waals surface area contributed by atoms with Gasteiger partial charge in [-0.1, -0.05) is 44.2 Å². The van der Waals surface area contributed by atoms with Crippen LogP contribution >= 0.6 is 0 Å². The quantitative estimate of drug-likeness (QED) is 0.848. The minimum atomic E-state index is -0.517. The molecule has 0 fully saturated rings. The lowest BCUT2D eigenvalue weighted by atomic mass is 9.84. The number of hydrogen-bond donors (Lipinski definition) is 2. The number of halogens is 1. The van der Waals surface area contributed by atoms with Gasteiger partial charge in [-0.25, -0.2) is 4.39 Å². The van der Waals surface area contributed by atoms with Crippen LogP contribution in [0.4, 0.5) is 10.1 Å². The molecule has 110 valence electrons. The van der Waals surface area contributed by atoms with Gasteiger partial charge in [-0.15, -0.1) is 0 Å². The molecule has 0 spiro atoms. The number of carbonyl (C=O) groups excluding carboxylic acids is 1. The summed E-state index contributed by atoms with van der Waals surface area (Å²) in [6.07, 6.45) is 0. The molecule has 2 aromatic carbocycles. The van der Waals surface area contributed by atoms with Crippen LogP contribution < -0.4 is 11.1 Å². The summed E-state index contributed by atoms with van der Waals surface area (Å²) in [5.74, 6) is -0.776. The van der Waals surface area contributed by atoms with Gasteiger partial charge in [0.05, 0.1) is 5.69 Å². The Labute approximate surface area is 124 Å². The molecular weight excluding hydrogens is 267 g/mol. The Morgan fingerprint density at radius 2 is 1.86 bits per heavy atom. The molecule has 0 aromatic heterocycles. The van der Waals surface area contributed by atoms with Gasteiger partial charge >= 0.3 is 0 Å². The van der Waals surface area contributed by atoms with E-state index >= 15 is 0 Å². The van der Waals surface area contributed by atoms with E-state index in [1.807, 2.05) is 30.3 Å². The minimum absolute atomic E-state index is 0.0232. The van der Waals surface area contributed by atoms with Crippen LogP contribution in [0.25, 0.3) is 0 Å². The number of rotatable bonds is 4. The Morgan fingerprint density at radius 1 is 1.19 bits per heavy atom. The fourth-order valence-corrected chi connectivity index (χ4v) is 2.08. The number of benzene rings is 2. The fourth-order valence-electron chi connectivity index (χ4n) is 2.08. The molecule has 2 rings (SSSR count). The van der Waals surface area contributed by atoms with Gasteiger partial charge in [0.1, 0.15) is 5.82 Å². The van der Waals surface area contributed by atoms with Gasteiger partial charge in [0.2, 0.25) is 0 Å². The van der Waals surface area contributed by atoms with Crippen molar-refractivity contribution in [1.82, 2.24) is 5.32 Å². The number of nitrogen functional groups attached to an aromatic ring is 1. The minimum Gasteiger partial charge on any atom is -0.396 e. The Kier molecular flexibility index (Phi) is 4.26. The molecule has 2 aromatic rings.